The average molecular weight is 169 g/mol. The summed E-state index contributed by atoms with van der Waals surface area (Å²) in [6.45, 7) is 4.82. The summed E-state index contributed by atoms with van der Waals surface area (Å²) in [4.78, 5) is 0. The second-order valence-corrected chi connectivity index (χ2v) is 5.11. The summed E-state index contributed by atoms with van der Waals surface area (Å²) in [6, 6.07) is 0.233. The van der Waals surface area contributed by atoms with Crippen LogP contribution in [0.5, 0.6) is 0 Å². The van der Waals surface area contributed by atoms with Crippen molar-refractivity contribution in [2.24, 2.45) is 22.5 Å². The Kier molecular flexibility index (Phi) is 1.59. The minimum absolute atomic E-state index is 0.0394. The van der Waals surface area contributed by atoms with E-state index in [4.69, 9.17) is 5.73 Å². The van der Waals surface area contributed by atoms with E-state index >= 15 is 0 Å². The number of hydrogen-bond acceptors (Lipinski definition) is 2. The first-order valence-electron chi connectivity index (χ1n) is 4.91. The lowest BCUT2D eigenvalue weighted by atomic mass is 9.68. The molecular formula is C10H19NO. The molecule has 2 aliphatic carbocycles. The summed E-state index contributed by atoms with van der Waals surface area (Å²) in [5, 5.41) is 9.47. The van der Waals surface area contributed by atoms with Crippen LogP contribution in [0.4, 0.5) is 0 Å². The number of hydrogen-bond donors (Lipinski definition) is 2. The Hall–Kier alpha value is -0.0800. The molecule has 0 saturated heterocycles. The lowest BCUT2D eigenvalue weighted by molar-refractivity contribution is 0.0344. The van der Waals surface area contributed by atoms with Crippen LogP contribution in [0.2, 0.25) is 0 Å². The summed E-state index contributed by atoms with van der Waals surface area (Å²) in [6.07, 6.45) is 3.51. The molecule has 2 rings (SSSR count). The van der Waals surface area contributed by atoms with Crippen LogP contribution >= 0.6 is 0 Å². The van der Waals surface area contributed by atoms with E-state index in [2.05, 4.69) is 13.8 Å². The molecule has 70 valence electrons. The average Bonchev–Trinajstić information content (AvgIpc) is 2.36. The zero-order valence-electron chi connectivity index (χ0n) is 8.01. The molecule has 12 heavy (non-hydrogen) atoms. The minimum Gasteiger partial charge on any atom is -0.396 e. The summed E-state index contributed by atoms with van der Waals surface area (Å²) in [5.41, 5.74) is 6.39. The standard InChI is InChI=1S/C10H19NO/c1-9(2)7-3-4-10(9,6-12)8(11)5-7/h7-8,12H,3-6,11H2,1-2H3/t7-,8-,10-/m0/s1. The second-order valence-electron chi connectivity index (χ2n) is 5.11. The fourth-order valence-electron chi connectivity index (χ4n) is 3.53. The van der Waals surface area contributed by atoms with Gasteiger partial charge in [-0.2, -0.15) is 0 Å². The molecule has 0 heterocycles. The maximum Gasteiger partial charge on any atom is 0.0507 e. The lowest BCUT2D eigenvalue weighted by Crippen LogP contribution is -2.46. The Labute approximate surface area is 74.1 Å². The maximum absolute atomic E-state index is 9.47. The van der Waals surface area contributed by atoms with Gasteiger partial charge in [-0.25, -0.2) is 0 Å². The number of nitrogens with two attached hydrogens (primary N) is 1. The molecule has 3 N–H and O–H groups in total. The van der Waals surface area contributed by atoms with Crippen molar-refractivity contribution in [2.75, 3.05) is 6.61 Å². The van der Waals surface area contributed by atoms with Gasteiger partial charge in [-0.1, -0.05) is 13.8 Å². The molecule has 0 unspecified atom stereocenters. The van der Waals surface area contributed by atoms with Crippen molar-refractivity contribution in [1.29, 1.82) is 0 Å². The van der Waals surface area contributed by atoms with Crippen LogP contribution in [0.15, 0.2) is 0 Å². The monoisotopic (exact) mass is 169 g/mol. The van der Waals surface area contributed by atoms with E-state index in [1.165, 1.54) is 6.42 Å². The van der Waals surface area contributed by atoms with Crippen molar-refractivity contribution < 1.29 is 5.11 Å². The molecule has 0 amide bonds. The number of fused-ring (bicyclic) bond motifs is 2. The molecule has 0 aromatic heterocycles. The molecule has 2 bridgehead atoms. The summed E-state index contributed by atoms with van der Waals surface area (Å²) in [5.74, 6) is 0.750. The van der Waals surface area contributed by atoms with E-state index in [0.717, 1.165) is 18.8 Å². The molecule has 0 aliphatic heterocycles. The van der Waals surface area contributed by atoms with Crippen molar-refractivity contribution in [3.8, 4) is 0 Å². The molecule has 3 atom stereocenters. The molecule has 2 heteroatoms. The third kappa shape index (κ3) is 0.686. The van der Waals surface area contributed by atoms with Crippen LogP contribution in [0.3, 0.4) is 0 Å². The van der Waals surface area contributed by atoms with Crippen LogP contribution in [0, 0.1) is 16.7 Å². The highest BCUT2D eigenvalue weighted by Crippen LogP contribution is 2.64. The zero-order valence-corrected chi connectivity index (χ0v) is 8.01. The molecule has 2 aliphatic rings. The maximum atomic E-state index is 9.47. The molecule has 0 aromatic rings. The quantitative estimate of drug-likeness (QED) is 0.618. The first-order valence-corrected chi connectivity index (χ1v) is 4.91. The predicted molar refractivity (Wildman–Crippen MR) is 48.6 cm³/mol. The Morgan fingerprint density at radius 2 is 2.17 bits per heavy atom. The van der Waals surface area contributed by atoms with Gasteiger partial charge < -0.3 is 10.8 Å². The SMILES string of the molecule is CC1(C)[C@H]2CC[C@]1(CO)[C@@H](N)C2. The number of aliphatic hydroxyl groups is 1. The molecule has 2 nitrogen and oxygen atoms in total. The van der Waals surface area contributed by atoms with Crippen molar-refractivity contribution >= 4 is 0 Å². The molecule has 0 aromatic carbocycles. The zero-order chi connectivity index (χ0) is 8.98. The van der Waals surface area contributed by atoms with E-state index in [-0.39, 0.29) is 23.5 Å². The van der Waals surface area contributed by atoms with Crippen molar-refractivity contribution in [1.82, 2.24) is 0 Å². The van der Waals surface area contributed by atoms with E-state index in [1.807, 2.05) is 0 Å². The normalized spacial score (nSPS) is 50.0. The highest BCUT2D eigenvalue weighted by molar-refractivity contribution is 5.13. The topological polar surface area (TPSA) is 46.2 Å². The van der Waals surface area contributed by atoms with Crippen molar-refractivity contribution in [3.05, 3.63) is 0 Å². The first kappa shape index (κ1) is 8.52. The van der Waals surface area contributed by atoms with Crippen LogP contribution in [0.1, 0.15) is 33.1 Å². The highest BCUT2D eigenvalue weighted by atomic mass is 16.3. The van der Waals surface area contributed by atoms with Gasteiger partial charge in [0.1, 0.15) is 0 Å². The highest BCUT2D eigenvalue weighted by Gasteiger charge is 2.62. The molecule has 0 radical (unpaired) electrons. The van der Waals surface area contributed by atoms with Gasteiger partial charge in [0.25, 0.3) is 0 Å². The van der Waals surface area contributed by atoms with E-state index < -0.39 is 0 Å². The molecule has 2 saturated carbocycles. The Bertz CT molecular complexity index is 202. The van der Waals surface area contributed by atoms with Crippen LogP contribution < -0.4 is 5.73 Å². The minimum atomic E-state index is 0.0394. The summed E-state index contributed by atoms with van der Waals surface area (Å²) >= 11 is 0. The Balaban J connectivity index is 2.39. The fraction of sp³-hybridized carbons (Fsp3) is 1.00. The van der Waals surface area contributed by atoms with Crippen LogP contribution in [0.25, 0.3) is 0 Å². The Morgan fingerprint density at radius 1 is 1.50 bits per heavy atom. The van der Waals surface area contributed by atoms with Gasteiger partial charge in [0.2, 0.25) is 0 Å². The fourth-order valence-corrected chi connectivity index (χ4v) is 3.53. The van der Waals surface area contributed by atoms with E-state index in [0.29, 0.717) is 0 Å². The van der Waals surface area contributed by atoms with Crippen molar-refractivity contribution in [3.63, 3.8) is 0 Å². The number of aliphatic hydroxyl groups excluding tert-OH is 1. The number of rotatable bonds is 1. The van der Waals surface area contributed by atoms with Gasteiger partial charge >= 0.3 is 0 Å². The van der Waals surface area contributed by atoms with Gasteiger partial charge in [-0.15, -0.1) is 0 Å². The molecule has 2 fully saturated rings. The van der Waals surface area contributed by atoms with Gasteiger partial charge in [-0.3, -0.25) is 0 Å². The van der Waals surface area contributed by atoms with E-state index in [1.54, 1.807) is 0 Å². The summed E-state index contributed by atoms with van der Waals surface area (Å²) in [7, 11) is 0. The molecular weight excluding hydrogens is 150 g/mol. The largest absolute Gasteiger partial charge is 0.396 e. The van der Waals surface area contributed by atoms with Gasteiger partial charge in [-0.05, 0) is 30.6 Å². The predicted octanol–water partition coefficient (Wildman–Crippen LogP) is 1.13. The van der Waals surface area contributed by atoms with Gasteiger partial charge in [0, 0.05) is 11.5 Å². The third-order valence-corrected chi connectivity index (χ3v) is 4.77. The van der Waals surface area contributed by atoms with Crippen LogP contribution in [-0.2, 0) is 0 Å². The van der Waals surface area contributed by atoms with Crippen molar-refractivity contribution in [2.45, 2.75) is 39.2 Å². The molecule has 0 spiro atoms. The van der Waals surface area contributed by atoms with Gasteiger partial charge in [0.05, 0.1) is 6.61 Å². The van der Waals surface area contributed by atoms with Crippen LogP contribution in [-0.4, -0.2) is 17.8 Å². The third-order valence-electron chi connectivity index (χ3n) is 4.77. The first-order chi connectivity index (χ1) is 5.54. The second kappa shape index (κ2) is 2.24. The smallest absolute Gasteiger partial charge is 0.0507 e. The van der Waals surface area contributed by atoms with Gasteiger partial charge in [0.15, 0.2) is 0 Å². The van der Waals surface area contributed by atoms with E-state index in [9.17, 15) is 5.11 Å². The lowest BCUT2D eigenvalue weighted by Gasteiger charge is -2.39. The summed E-state index contributed by atoms with van der Waals surface area (Å²) < 4.78 is 0. The Morgan fingerprint density at radius 3 is 2.42 bits per heavy atom.